The van der Waals surface area contributed by atoms with E-state index in [1.165, 1.54) is 17.8 Å². The maximum absolute atomic E-state index is 15.8. The van der Waals surface area contributed by atoms with E-state index in [9.17, 15) is 0 Å². The molecule has 0 spiro atoms. The molecular weight excluding hydrogens is 392 g/mol. The largest absolute Gasteiger partial charge is 0.476 e. The van der Waals surface area contributed by atoms with Crippen molar-refractivity contribution in [3.63, 3.8) is 0 Å². The van der Waals surface area contributed by atoms with E-state index in [2.05, 4.69) is 15.0 Å². The molecular formula is C16H23FN5O5P. The van der Waals surface area contributed by atoms with Gasteiger partial charge in [0, 0.05) is 0 Å². The van der Waals surface area contributed by atoms with Crippen molar-refractivity contribution >= 4 is 25.7 Å². The summed E-state index contributed by atoms with van der Waals surface area (Å²) < 4.78 is 45.6. The van der Waals surface area contributed by atoms with Gasteiger partial charge in [0.15, 0.2) is 23.1 Å². The molecule has 2 fully saturated rings. The highest BCUT2D eigenvalue weighted by Gasteiger charge is 2.59. The van der Waals surface area contributed by atoms with Gasteiger partial charge >= 0.3 is 8.60 Å². The average molecular weight is 415 g/mol. The number of rotatable bonds is 6. The predicted octanol–water partition coefficient (Wildman–Crippen LogP) is 2.50. The first kappa shape index (κ1) is 19.7. The maximum Gasteiger partial charge on any atom is 0.333 e. The van der Waals surface area contributed by atoms with E-state index in [-0.39, 0.29) is 18.4 Å². The van der Waals surface area contributed by atoms with Gasteiger partial charge in [-0.25, -0.2) is 9.37 Å². The monoisotopic (exact) mass is 415 g/mol. The summed E-state index contributed by atoms with van der Waals surface area (Å²) in [5.74, 6) is 0.250. The third kappa shape index (κ3) is 3.31. The molecule has 0 radical (unpaired) electrons. The number of alkyl halides is 1. The molecule has 0 saturated carbocycles. The van der Waals surface area contributed by atoms with Crippen LogP contribution in [0.4, 0.5) is 10.3 Å². The van der Waals surface area contributed by atoms with Crippen molar-refractivity contribution in [1.29, 1.82) is 0 Å². The summed E-state index contributed by atoms with van der Waals surface area (Å²) in [7, 11) is -1.60. The Morgan fingerprint density at radius 3 is 3.00 bits per heavy atom. The number of nitrogen functional groups attached to an aromatic ring is 1. The molecule has 5 atom stereocenters. The van der Waals surface area contributed by atoms with Gasteiger partial charge in [-0.05, 0) is 20.3 Å². The van der Waals surface area contributed by atoms with Gasteiger partial charge < -0.3 is 28.8 Å². The van der Waals surface area contributed by atoms with E-state index in [0.29, 0.717) is 24.4 Å². The molecule has 2 N–H and O–H groups in total. The van der Waals surface area contributed by atoms with E-state index in [1.54, 1.807) is 0 Å². The normalized spacial score (nSPS) is 32.6. The third-order valence-corrected chi connectivity index (χ3v) is 5.72. The van der Waals surface area contributed by atoms with E-state index in [1.807, 2.05) is 13.8 Å². The second-order valence-corrected chi connectivity index (χ2v) is 7.88. The van der Waals surface area contributed by atoms with E-state index >= 15 is 4.39 Å². The number of hydrogen-bond acceptors (Lipinski definition) is 9. The van der Waals surface area contributed by atoms with Crippen molar-refractivity contribution < 1.29 is 27.4 Å². The van der Waals surface area contributed by atoms with Crippen LogP contribution in [0.3, 0.4) is 0 Å². The SMILES string of the molecule is CCCO[P@]1OC[C@H]2O[C@@H](n3cnc4c(OCC)nc(N)nc43)[C@](C)(F)[C@@H]2O1. The first-order chi connectivity index (χ1) is 13.5. The van der Waals surface area contributed by atoms with Crippen LogP contribution in [0.15, 0.2) is 6.33 Å². The molecule has 12 heteroatoms. The molecule has 2 aliphatic heterocycles. The van der Waals surface area contributed by atoms with Crippen molar-refractivity contribution in [3.05, 3.63) is 6.33 Å². The second kappa shape index (κ2) is 7.64. The van der Waals surface area contributed by atoms with Gasteiger partial charge in [0.05, 0.1) is 26.1 Å². The highest BCUT2D eigenvalue weighted by atomic mass is 31.2. The molecule has 154 valence electrons. The summed E-state index contributed by atoms with van der Waals surface area (Å²) in [4.78, 5) is 12.5. The molecule has 28 heavy (non-hydrogen) atoms. The van der Waals surface area contributed by atoms with Gasteiger partial charge in [0.2, 0.25) is 11.8 Å². The molecule has 0 bridgehead atoms. The highest BCUT2D eigenvalue weighted by molar-refractivity contribution is 7.41. The minimum atomic E-state index is -1.87. The lowest BCUT2D eigenvalue weighted by Gasteiger charge is -2.33. The quantitative estimate of drug-likeness (QED) is 0.710. The number of anilines is 1. The van der Waals surface area contributed by atoms with E-state index < -0.39 is 32.7 Å². The minimum absolute atomic E-state index is 0.00439. The van der Waals surface area contributed by atoms with Crippen molar-refractivity contribution in [3.8, 4) is 5.88 Å². The molecule has 0 amide bonds. The summed E-state index contributed by atoms with van der Waals surface area (Å²) in [6.45, 7) is 6.28. The number of halogens is 1. The summed E-state index contributed by atoms with van der Waals surface area (Å²) >= 11 is 0. The minimum Gasteiger partial charge on any atom is -0.476 e. The lowest BCUT2D eigenvalue weighted by molar-refractivity contribution is -0.0621. The Morgan fingerprint density at radius 2 is 2.25 bits per heavy atom. The summed E-state index contributed by atoms with van der Waals surface area (Å²) in [6, 6.07) is 0. The maximum atomic E-state index is 15.8. The van der Waals surface area contributed by atoms with Crippen LogP contribution in [0.25, 0.3) is 11.2 Å². The Balaban J connectivity index is 1.65. The Labute approximate surface area is 162 Å². The molecule has 2 aromatic rings. The standard InChI is InChI=1S/C16H23FN5O5P/c1-4-6-24-28-25-7-9-11(27-28)16(3,17)14(26-9)22-8-19-10-12(22)20-15(18)21-13(10)23-5-2/h8-9,11,14H,4-7H2,1-3H3,(H2,18,20,21)/t9-,11-,14-,16-,28-/m1/s1. The van der Waals surface area contributed by atoms with Gasteiger partial charge in [-0.3, -0.25) is 4.57 Å². The number of nitrogens with two attached hydrogens (primary N) is 1. The Morgan fingerprint density at radius 1 is 1.43 bits per heavy atom. The van der Waals surface area contributed by atoms with Crippen LogP contribution in [0, 0.1) is 0 Å². The van der Waals surface area contributed by atoms with E-state index in [4.69, 9.17) is 28.8 Å². The predicted molar refractivity (Wildman–Crippen MR) is 98.3 cm³/mol. The molecule has 0 unspecified atom stereocenters. The lowest BCUT2D eigenvalue weighted by Crippen LogP contribution is -2.44. The van der Waals surface area contributed by atoms with Gasteiger partial charge in [-0.15, -0.1) is 0 Å². The Hall–Kier alpha value is -1.65. The van der Waals surface area contributed by atoms with Crippen LogP contribution < -0.4 is 10.5 Å². The number of hydrogen-bond donors (Lipinski definition) is 1. The summed E-state index contributed by atoms with van der Waals surface area (Å²) in [5.41, 5.74) is 4.64. The molecule has 2 saturated heterocycles. The van der Waals surface area contributed by atoms with Crippen LogP contribution >= 0.6 is 8.60 Å². The van der Waals surface area contributed by atoms with Crippen LogP contribution in [0.2, 0.25) is 0 Å². The van der Waals surface area contributed by atoms with Crippen LogP contribution in [-0.4, -0.2) is 57.2 Å². The Bertz CT molecular complexity index is 852. The van der Waals surface area contributed by atoms with Crippen LogP contribution in [-0.2, 0) is 18.3 Å². The molecule has 0 aliphatic carbocycles. The van der Waals surface area contributed by atoms with Crippen molar-refractivity contribution in [2.45, 2.75) is 51.3 Å². The highest BCUT2D eigenvalue weighted by Crippen LogP contribution is 2.54. The summed E-state index contributed by atoms with van der Waals surface area (Å²) in [6.07, 6.45) is -0.181. The number of nitrogens with zero attached hydrogens (tertiary/aromatic N) is 4. The van der Waals surface area contributed by atoms with E-state index in [0.717, 1.165) is 6.42 Å². The fourth-order valence-corrected chi connectivity index (χ4v) is 4.64. The number of ether oxygens (including phenoxy) is 2. The molecule has 2 aliphatic rings. The Kier molecular flexibility index (Phi) is 5.36. The second-order valence-electron chi connectivity index (χ2n) is 6.70. The van der Waals surface area contributed by atoms with Gasteiger partial charge in [0.25, 0.3) is 0 Å². The fraction of sp³-hybridized carbons (Fsp3) is 0.688. The molecule has 10 nitrogen and oxygen atoms in total. The first-order valence-electron chi connectivity index (χ1n) is 9.15. The topological polar surface area (TPSA) is 116 Å². The number of aromatic nitrogens is 4. The number of imidazole rings is 1. The number of fused-ring (bicyclic) bond motifs is 2. The zero-order chi connectivity index (χ0) is 19.9. The zero-order valence-electron chi connectivity index (χ0n) is 15.9. The smallest absolute Gasteiger partial charge is 0.333 e. The first-order valence-corrected chi connectivity index (χ1v) is 10.2. The molecule has 4 rings (SSSR count). The van der Waals surface area contributed by atoms with Crippen LogP contribution in [0.5, 0.6) is 5.88 Å². The fourth-order valence-electron chi connectivity index (χ4n) is 3.32. The van der Waals surface area contributed by atoms with Gasteiger partial charge in [-0.1, -0.05) is 6.92 Å². The molecule has 0 aromatic carbocycles. The zero-order valence-corrected chi connectivity index (χ0v) is 16.8. The van der Waals surface area contributed by atoms with Crippen LogP contribution in [0.1, 0.15) is 33.4 Å². The van der Waals surface area contributed by atoms with Crippen molar-refractivity contribution in [1.82, 2.24) is 19.5 Å². The van der Waals surface area contributed by atoms with Crippen molar-refractivity contribution in [2.24, 2.45) is 0 Å². The van der Waals surface area contributed by atoms with Crippen molar-refractivity contribution in [2.75, 3.05) is 25.6 Å². The molecule has 4 heterocycles. The average Bonchev–Trinajstić information content (AvgIpc) is 3.18. The third-order valence-electron chi connectivity index (χ3n) is 4.57. The summed E-state index contributed by atoms with van der Waals surface area (Å²) in [5, 5.41) is 0. The lowest BCUT2D eigenvalue weighted by atomic mass is 9.98. The molecule has 2 aromatic heterocycles. The van der Waals surface area contributed by atoms with Gasteiger partial charge in [0.1, 0.15) is 12.2 Å². The van der Waals surface area contributed by atoms with Gasteiger partial charge in [-0.2, -0.15) is 9.97 Å².